The van der Waals surface area contributed by atoms with Gasteiger partial charge in [-0.25, -0.2) is 0 Å². The zero-order chi connectivity index (χ0) is 15.6. The van der Waals surface area contributed by atoms with E-state index in [0.717, 1.165) is 51.4 Å². The molecule has 6 heteroatoms. The predicted molar refractivity (Wildman–Crippen MR) is 104 cm³/mol. The lowest BCUT2D eigenvalue weighted by Gasteiger charge is -2.39. The van der Waals surface area contributed by atoms with Crippen LogP contribution in [0.2, 0.25) is 0 Å². The van der Waals surface area contributed by atoms with Crippen molar-refractivity contribution in [1.29, 1.82) is 0 Å². The van der Waals surface area contributed by atoms with Crippen LogP contribution in [0.5, 0.6) is 0 Å². The Kier molecular flexibility index (Phi) is 8.81. The molecule has 2 N–H and O–H groups in total. The number of hydrogen-bond donors (Lipinski definition) is 1. The second kappa shape index (κ2) is 9.61. The fourth-order valence-corrected chi connectivity index (χ4v) is 4.78. The first-order valence-corrected chi connectivity index (χ1v) is 9.40. The Morgan fingerprint density at radius 3 is 2.25 bits per heavy atom. The van der Waals surface area contributed by atoms with Crippen LogP contribution in [0.15, 0.2) is 0 Å². The first-order valence-electron chi connectivity index (χ1n) is 9.40. The van der Waals surface area contributed by atoms with E-state index in [1.807, 2.05) is 0 Å². The normalized spacial score (nSPS) is 32.6. The van der Waals surface area contributed by atoms with Gasteiger partial charge in [0.15, 0.2) is 0 Å². The standard InChI is InChI=1S/C18H33N3O.2ClH/c1-18(19)10-5-4-9-16(18)17(22)21-12-6-11-20(13-14-21)15-7-2-3-8-15;;/h15-16H,2-14,19H2,1H3;2*1H. The van der Waals surface area contributed by atoms with Crippen molar-refractivity contribution < 1.29 is 4.79 Å². The van der Waals surface area contributed by atoms with Gasteiger partial charge < -0.3 is 10.6 Å². The Morgan fingerprint density at radius 2 is 1.58 bits per heavy atom. The molecule has 3 aliphatic rings. The number of hydrogen-bond acceptors (Lipinski definition) is 3. The molecule has 2 atom stereocenters. The Labute approximate surface area is 159 Å². The number of nitrogens with zero attached hydrogens (tertiary/aromatic N) is 2. The molecule has 1 amide bonds. The largest absolute Gasteiger partial charge is 0.341 e. The molecule has 0 bridgehead atoms. The Balaban J connectivity index is 0.00000144. The van der Waals surface area contributed by atoms with E-state index in [-0.39, 0.29) is 36.3 Å². The van der Waals surface area contributed by atoms with Gasteiger partial charge in [-0.2, -0.15) is 0 Å². The van der Waals surface area contributed by atoms with Crippen LogP contribution in [0, 0.1) is 5.92 Å². The Morgan fingerprint density at radius 1 is 0.917 bits per heavy atom. The van der Waals surface area contributed by atoms with Gasteiger partial charge in [-0.15, -0.1) is 24.8 Å². The number of amides is 1. The highest BCUT2D eigenvalue weighted by molar-refractivity contribution is 5.85. The fraction of sp³-hybridized carbons (Fsp3) is 0.944. The first-order chi connectivity index (χ1) is 10.6. The van der Waals surface area contributed by atoms with E-state index in [1.165, 1.54) is 38.6 Å². The molecule has 1 heterocycles. The topological polar surface area (TPSA) is 49.6 Å². The second-order valence-electron chi connectivity index (χ2n) is 7.96. The lowest BCUT2D eigenvalue weighted by molar-refractivity contribution is -0.138. The van der Waals surface area contributed by atoms with Gasteiger partial charge in [0.05, 0.1) is 5.92 Å². The summed E-state index contributed by atoms with van der Waals surface area (Å²) in [6, 6.07) is 0.782. The average Bonchev–Trinajstić information content (AvgIpc) is 2.91. The van der Waals surface area contributed by atoms with Crippen molar-refractivity contribution in [2.75, 3.05) is 26.2 Å². The van der Waals surface area contributed by atoms with Crippen molar-refractivity contribution >= 4 is 30.7 Å². The lowest BCUT2D eigenvalue weighted by Crippen LogP contribution is -2.54. The van der Waals surface area contributed by atoms with Crippen LogP contribution in [0.3, 0.4) is 0 Å². The summed E-state index contributed by atoms with van der Waals surface area (Å²) in [6.07, 6.45) is 10.9. The molecule has 3 rings (SSSR count). The van der Waals surface area contributed by atoms with Crippen LogP contribution < -0.4 is 5.73 Å². The molecule has 2 aliphatic carbocycles. The van der Waals surface area contributed by atoms with E-state index in [2.05, 4.69) is 16.7 Å². The summed E-state index contributed by atoms with van der Waals surface area (Å²) in [5, 5.41) is 0. The molecule has 0 aromatic rings. The number of carbonyl (C=O) groups is 1. The van der Waals surface area contributed by atoms with Crippen molar-refractivity contribution in [3.8, 4) is 0 Å². The highest BCUT2D eigenvalue weighted by Gasteiger charge is 2.40. The summed E-state index contributed by atoms with van der Waals surface area (Å²) in [5.41, 5.74) is 6.14. The number of rotatable bonds is 2. The Bertz CT molecular complexity index is 400. The van der Waals surface area contributed by atoms with Gasteiger partial charge in [-0.05, 0) is 39.0 Å². The third-order valence-corrected chi connectivity index (χ3v) is 6.24. The second-order valence-corrected chi connectivity index (χ2v) is 7.96. The van der Waals surface area contributed by atoms with Gasteiger partial charge in [-0.1, -0.05) is 25.7 Å². The van der Waals surface area contributed by atoms with Crippen molar-refractivity contribution in [3.05, 3.63) is 0 Å². The molecular formula is C18H35Cl2N3O. The van der Waals surface area contributed by atoms with E-state index < -0.39 is 0 Å². The third kappa shape index (κ3) is 5.00. The van der Waals surface area contributed by atoms with E-state index in [1.54, 1.807) is 0 Å². The minimum atomic E-state index is -0.299. The van der Waals surface area contributed by atoms with Crippen LogP contribution in [0.1, 0.15) is 64.7 Å². The van der Waals surface area contributed by atoms with Gasteiger partial charge in [0.1, 0.15) is 0 Å². The van der Waals surface area contributed by atoms with Gasteiger partial charge in [0, 0.05) is 37.8 Å². The molecule has 1 saturated heterocycles. The molecule has 2 saturated carbocycles. The van der Waals surface area contributed by atoms with Crippen LogP contribution in [-0.2, 0) is 4.79 Å². The maximum absolute atomic E-state index is 13.0. The maximum Gasteiger partial charge on any atom is 0.227 e. The lowest BCUT2D eigenvalue weighted by atomic mass is 9.74. The van der Waals surface area contributed by atoms with Gasteiger partial charge in [0.2, 0.25) is 5.91 Å². The minimum absolute atomic E-state index is 0. The minimum Gasteiger partial charge on any atom is -0.341 e. The van der Waals surface area contributed by atoms with Crippen LogP contribution in [-0.4, -0.2) is 53.5 Å². The average molecular weight is 380 g/mol. The van der Waals surface area contributed by atoms with E-state index >= 15 is 0 Å². The number of halogens is 2. The molecule has 0 aromatic heterocycles. The summed E-state index contributed by atoms with van der Waals surface area (Å²) >= 11 is 0. The maximum atomic E-state index is 13.0. The monoisotopic (exact) mass is 379 g/mol. The van der Waals surface area contributed by atoms with Crippen molar-refractivity contribution in [3.63, 3.8) is 0 Å². The SMILES string of the molecule is CC1(N)CCCCC1C(=O)N1CCCN(C2CCCC2)CC1.Cl.Cl. The molecule has 1 aliphatic heterocycles. The number of carbonyl (C=O) groups excluding carboxylic acids is 1. The molecular weight excluding hydrogens is 345 g/mol. The van der Waals surface area contributed by atoms with Crippen molar-refractivity contribution in [2.24, 2.45) is 11.7 Å². The third-order valence-electron chi connectivity index (χ3n) is 6.24. The first kappa shape index (κ1) is 22.0. The van der Waals surface area contributed by atoms with Crippen molar-refractivity contribution in [2.45, 2.75) is 76.3 Å². The molecule has 142 valence electrons. The Hall–Kier alpha value is -0.0300. The summed E-state index contributed by atoms with van der Waals surface area (Å²) in [4.78, 5) is 17.7. The van der Waals surface area contributed by atoms with Crippen LogP contribution >= 0.6 is 24.8 Å². The smallest absolute Gasteiger partial charge is 0.227 e. The summed E-state index contributed by atoms with van der Waals surface area (Å²) in [7, 11) is 0. The van der Waals surface area contributed by atoms with Gasteiger partial charge in [0.25, 0.3) is 0 Å². The quantitative estimate of drug-likeness (QED) is 0.800. The van der Waals surface area contributed by atoms with Crippen molar-refractivity contribution in [1.82, 2.24) is 9.80 Å². The summed E-state index contributed by atoms with van der Waals surface area (Å²) in [5.74, 6) is 0.372. The summed E-state index contributed by atoms with van der Waals surface area (Å²) < 4.78 is 0. The predicted octanol–water partition coefficient (Wildman–Crippen LogP) is 3.21. The highest BCUT2D eigenvalue weighted by Crippen LogP contribution is 2.33. The van der Waals surface area contributed by atoms with E-state index in [9.17, 15) is 4.79 Å². The molecule has 24 heavy (non-hydrogen) atoms. The van der Waals surface area contributed by atoms with Gasteiger partial charge in [-0.3, -0.25) is 9.69 Å². The van der Waals surface area contributed by atoms with Gasteiger partial charge >= 0.3 is 0 Å². The fourth-order valence-electron chi connectivity index (χ4n) is 4.78. The zero-order valence-electron chi connectivity index (χ0n) is 15.0. The van der Waals surface area contributed by atoms with E-state index in [0.29, 0.717) is 5.91 Å². The number of nitrogens with two attached hydrogens (primary N) is 1. The van der Waals surface area contributed by atoms with E-state index in [4.69, 9.17) is 5.73 Å². The highest BCUT2D eigenvalue weighted by atomic mass is 35.5. The summed E-state index contributed by atoms with van der Waals surface area (Å²) in [6.45, 7) is 6.14. The molecule has 0 radical (unpaired) electrons. The van der Waals surface area contributed by atoms with Crippen LogP contribution in [0.25, 0.3) is 0 Å². The molecule has 0 spiro atoms. The van der Waals surface area contributed by atoms with Crippen LogP contribution in [0.4, 0.5) is 0 Å². The molecule has 2 unspecified atom stereocenters. The molecule has 3 fully saturated rings. The molecule has 4 nitrogen and oxygen atoms in total. The zero-order valence-corrected chi connectivity index (χ0v) is 16.7. The molecule has 0 aromatic carbocycles.